The predicted molar refractivity (Wildman–Crippen MR) is 50.7 cm³/mol. The summed E-state index contributed by atoms with van der Waals surface area (Å²) < 4.78 is 0. The normalized spacial score (nSPS) is 13.8. The summed E-state index contributed by atoms with van der Waals surface area (Å²) in [6.07, 6.45) is 2.63. The van der Waals surface area contributed by atoms with E-state index in [1.165, 1.54) is 6.07 Å². The van der Waals surface area contributed by atoms with Gasteiger partial charge in [0.25, 0.3) is 5.91 Å². The van der Waals surface area contributed by atoms with Crippen LogP contribution in [0.5, 0.6) is 0 Å². The molecule has 0 spiro atoms. The Balaban J connectivity index is 2.59. The molecule has 5 nitrogen and oxygen atoms in total. The summed E-state index contributed by atoms with van der Waals surface area (Å²) in [5, 5.41) is 0. The van der Waals surface area contributed by atoms with Crippen LogP contribution in [0, 0.1) is 0 Å². The summed E-state index contributed by atoms with van der Waals surface area (Å²) in [7, 11) is 0. The zero-order chi connectivity index (χ0) is 10.1. The molecular formula is C9H11N3O2. The molecule has 1 aliphatic rings. The summed E-state index contributed by atoms with van der Waals surface area (Å²) in [5.74, 6) is 4.64. The van der Waals surface area contributed by atoms with Gasteiger partial charge < -0.3 is 4.98 Å². The smallest absolute Gasteiger partial charge is 0.265 e. The number of hydrogen-bond acceptors (Lipinski definition) is 3. The van der Waals surface area contributed by atoms with Crippen molar-refractivity contribution in [3.05, 3.63) is 33.2 Å². The van der Waals surface area contributed by atoms with Crippen LogP contribution in [0.25, 0.3) is 0 Å². The van der Waals surface area contributed by atoms with Crippen LogP contribution in [0.3, 0.4) is 0 Å². The number of nitrogens with two attached hydrogens (primary N) is 1. The first-order valence-corrected chi connectivity index (χ1v) is 4.48. The Hall–Kier alpha value is -1.62. The van der Waals surface area contributed by atoms with Crippen molar-refractivity contribution in [2.24, 2.45) is 5.84 Å². The minimum atomic E-state index is -0.394. The lowest BCUT2D eigenvalue weighted by molar-refractivity contribution is 0.0952. The maximum Gasteiger partial charge on any atom is 0.265 e. The fourth-order valence-electron chi connectivity index (χ4n) is 1.86. The van der Waals surface area contributed by atoms with E-state index in [1.54, 1.807) is 0 Å². The molecular weight excluding hydrogens is 182 g/mol. The van der Waals surface area contributed by atoms with Crippen molar-refractivity contribution in [2.75, 3.05) is 0 Å². The molecule has 1 aliphatic carbocycles. The van der Waals surface area contributed by atoms with Crippen LogP contribution in [-0.4, -0.2) is 10.9 Å². The van der Waals surface area contributed by atoms with Crippen LogP contribution in [0.2, 0.25) is 0 Å². The molecule has 1 aromatic heterocycles. The third kappa shape index (κ3) is 1.31. The first-order valence-electron chi connectivity index (χ1n) is 4.48. The second kappa shape index (κ2) is 3.26. The number of nitrogen functional groups attached to an aromatic ring is 1. The van der Waals surface area contributed by atoms with Crippen LogP contribution in [-0.2, 0) is 12.8 Å². The number of rotatable bonds is 1. The molecule has 0 fully saturated rings. The van der Waals surface area contributed by atoms with Gasteiger partial charge in [-0.1, -0.05) is 0 Å². The van der Waals surface area contributed by atoms with Crippen molar-refractivity contribution >= 4 is 5.91 Å². The number of pyridine rings is 1. The Bertz CT molecular complexity index is 436. The van der Waals surface area contributed by atoms with Gasteiger partial charge in [-0.25, -0.2) is 5.84 Å². The van der Waals surface area contributed by atoms with E-state index in [2.05, 4.69) is 4.98 Å². The van der Waals surface area contributed by atoms with Gasteiger partial charge in [0, 0.05) is 11.8 Å². The van der Waals surface area contributed by atoms with Crippen LogP contribution >= 0.6 is 0 Å². The Morgan fingerprint density at radius 2 is 2.29 bits per heavy atom. The minimum absolute atomic E-state index is 0.246. The Morgan fingerprint density at radius 1 is 1.50 bits per heavy atom. The Morgan fingerprint density at radius 3 is 3.00 bits per heavy atom. The number of hydrogen-bond donors (Lipinski definition) is 3. The highest BCUT2D eigenvalue weighted by molar-refractivity contribution is 5.95. The third-order valence-corrected chi connectivity index (χ3v) is 2.47. The molecule has 4 N–H and O–H groups in total. The van der Waals surface area contributed by atoms with E-state index in [-0.39, 0.29) is 5.56 Å². The molecule has 74 valence electrons. The molecule has 1 heterocycles. The van der Waals surface area contributed by atoms with Crippen molar-refractivity contribution < 1.29 is 4.79 Å². The molecule has 1 amide bonds. The maximum absolute atomic E-state index is 11.3. The molecule has 0 saturated carbocycles. The molecule has 14 heavy (non-hydrogen) atoms. The first kappa shape index (κ1) is 8.96. The molecule has 5 heteroatoms. The lowest BCUT2D eigenvalue weighted by atomic mass is 10.1. The SMILES string of the molecule is NNC(=O)c1cc(=O)[nH]c2c1CCC2. The van der Waals surface area contributed by atoms with E-state index in [4.69, 9.17) is 5.84 Å². The summed E-state index contributed by atoms with van der Waals surface area (Å²) in [5.41, 5.74) is 4.00. The van der Waals surface area contributed by atoms with Crippen molar-refractivity contribution in [3.8, 4) is 0 Å². The van der Waals surface area contributed by atoms with E-state index >= 15 is 0 Å². The number of aryl methyl sites for hydroxylation is 1. The second-order valence-electron chi connectivity index (χ2n) is 3.33. The molecule has 0 radical (unpaired) electrons. The highest BCUT2D eigenvalue weighted by Crippen LogP contribution is 2.21. The highest BCUT2D eigenvalue weighted by Gasteiger charge is 2.19. The molecule has 2 rings (SSSR count). The van der Waals surface area contributed by atoms with Crippen LogP contribution in [0.15, 0.2) is 10.9 Å². The Kier molecular flexibility index (Phi) is 2.09. The van der Waals surface area contributed by atoms with Gasteiger partial charge in [0.2, 0.25) is 5.56 Å². The highest BCUT2D eigenvalue weighted by atomic mass is 16.2. The van der Waals surface area contributed by atoms with Crippen LogP contribution in [0.4, 0.5) is 0 Å². The fourth-order valence-corrected chi connectivity index (χ4v) is 1.86. The number of amides is 1. The van der Waals surface area contributed by atoms with Crippen molar-refractivity contribution in [3.63, 3.8) is 0 Å². The second-order valence-corrected chi connectivity index (χ2v) is 3.33. The van der Waals surface area contributed by atoms with Crippen molar-refractivity contribution in [1.29, 1.82) is 0 Å². The van der Waals surface area contributed by atoms with Gasteiger partial charge in [-0.15, -0.1) is 0 Å². The number of fused-ring (bicyclic) bond motifs is 1. The summed E-state index contributed by atoms with van der Waals surface area (Å²) in [4.78, 5) is 25.3. The zero-order valence-electron chi connectivity index (χ0n) is 7.59. The van der Waals surface area contributed by atoms with E-state index in [0.29, 0.717) is 5.56 Å². The van der Waals surface area contributed by atoms with E-state index in [9.17, 15) is 9.59 Å². The molecule has 0 unspecified atom stereocenters. The number of carbonyl (C=O) groups excluding carboxylic acids is 1. The molecule has 0 bridgehead atoms. The van der Waals surface area contributed by atoms with E-state index in [0.717, 1.165) is 30.5 Å². The van der Waals surface area contributed by atoms with Gasteiger partial charge in [0.1, 0.15) is 0 Å². The van der Waals surface area contributed by atoms with Gasteiger partial charge in [-0.3, -0.25) is 15.0 Å². The number of aromatic nitrogens is 1. The lowest BCUT2D eigenvalue weighted by Gasteiger charge is -2.05. The van der Waals surface area contributed by atoms with Gasteiger partial charge in [0.15, 0.2) is 0 Å². The van der Waals surface area contributed by atoms with Gasteiger partial charge >= 0.3 is 0 Å². The van der Waals surface area contributed by atoms with Gasteiger partial charge in [-0.2, -0.15) is 0 Å². The maximum atomic E-state index is 11.3. The molecule has 0 aliphatic heterocycles. The molecule has 0 aromatic carbocycles. The third-order valence-electron chi connectivity index (χ3n) is 2.47. The van der Waals surface area contributed by atoms with Crippen molar-refractivity contribution in [2.45, 2.75) is 19.3 Å². The number of H-pyrrole nitrogens is 1. The van der Waals surface area contributed by atoms with Gasteiger partial charge in [0.05, 0.1) is 5.56 Å². The van der Waals surface area contributed by atoms with Gasteiger partial charge in [-0.05, 0) is 24.8 Å². The predicted octanol–water partition coefficient (Wildman–Crippen LogP) is -0.533. The largest absolute Gasteiger partial charge is 0.326 e. The first-order chi connectivity index (χ1) is 6.72. The fraction of sp³-hybridized carbons (Fsp3) is 0.333. The minimum Gasteiger partial charge on any atom is -0.326 e. The lowest BCUT2D eigenvalue weighted by Crippen LogP contribution is -2.32. The number of aromatic amines is 1. The molecule has 0 atom stereocenters. The quantitative estimate of drug-likeness (QED) is 0.318. The summed E-state index contributed by atoms with van der Waals surface area (Å²) >= 11 is 0. The molecule has 0 saturated heterocycles. The number of hydrazine groups is 1. The van der Waals surface area contributed by atoms with Crippen LogP contribution in [0.1, 0.15) is 28.0 Å². The average Bonchev–Trinajstić information content (AvgIpc) is 2.62. The average molecular weight is 193 g/mol. The standard InChI is InChI=1S/C9H11N3O2/c10-12-9(14)6-4-8(13)11-7-3-1-2-5(6)7/h4H,1-3,10H2,(H,11,13)(H,12,14). The van der Waals surface area contributed by atoms with E-state index in [1.807, 2.05) is 5.43 Å². The number of nitrogens with one attached hydrogen (secondary N) is 2. The van der Waals surface area contributed by atoms with Crippen LogP contribution < -0.4 is 16.8 Å². The molecule has 1 aromatic rings. The Labute approximate surface area is 80.3 Å². The van der Waals surface area contributed by atoms with Crippen molar-refractivity contribution in [1.82, 2.24) is 10.4 Å². The topological polar surface area (TPSA) is 88.0 Å². The summed E-state index contributed by atoms with van der Waals surface area (Å²) in [6.45, 7) is 0. The monoisotopic (exact) mass is 193 g/mol. The number of carbonyl (C=O) groups is 1. The summed E-state index contributed by atoms with van der Waals surface area (Å²) in [6, 6.07) is 1.30. The van der Waals surface area contributed by atoms with E-state index < -0.39 is 5.91 Å². The zero-order valence-corrected chi connectivity index (χ0v) is 7.59.